The molecule has 3 aromatic rings. The average Bonchev–Trinajstić information content (AvgIpc) is 2.74. The summed E-state index contributed by atoms with van der Waals surface area (Å²) >= 11 is 0. The predicted octanol–water partition coefficient (Wildman–Crippen LogP) is 5.12. The number of benzene rings is 1. The Balaban J connectivity index is 1.95. The highest BCUT2D eigenvalue weighted by molar-refractivity contribution is 6.12. The first-order chi connectivity index (χ1) is 15.5. The van der Waals surface area contributed by atoms with Crippen molar-refractivity contribution in [2.75, 3.05) is 16.5 Å². The van der Waals surface area contributed by atoms with Crippen LogP contribution in [0.2, 0.25) is 0 Å². The van der Waals surface area contributed by atoms with Crippen LogP contribution in [0.15, 0.2) is 47.4 Å². The number of aromatic nitrogens is 2. The second-order valence-corrected chi connectivity index (χ2v) is 8.09. The smallest absolute Gasteiger partial charge is 0.324 e. The highest BCUT2D eigenvalue weighted by Crippen LogP contribution is 2.40. The number of fused-ring (bicyclic) bond motifs is 1. The molecule has 0 fully saturated rings. The average molecular weight is 460 g/mol. The van der Waals surface area contributed by atoms with Crippen LogP contribution >= 0.6 is 0 Å². The summed E-state index contributed by atoms with van der Waals surface area (Å²) in [5.74, 6) is -1.22. The van der Waals surface area contributed by atoms with Gasteiger partial charge in [0.25, 0.3) is 5.91 Å². The van der Waals surface area contributed by atoms with Gasteiger partial charge in [-0.1, -0.05) is 13.8 Å². The van der Waals surface area contributed by atoms with E-state index in [4.69, 9.17) is 0 Å². The zero-order valence-corrected chi connectivity index (χ0v) is 18.0. The third kappa shape index (κ3) is 4.08. The molecule has 2 aromatic heterocycles. The molecule has 3 heterocycles. The first-order valence-corrected chi connectivity index (χ1v) is 10.1. The Morgan fingerprint density at radius 2 is 1.73 bits per heavy atom. The van der Waals surface area contributed by atoms with Gasteiger partial charge in [-0.15, -0.1) is 0 Å². The van der Waals surface area contributed by atoms with Gasteiger partial charge in [0.2, 0.25) is 5.56 Å². The van der Waals surface area contributed by atoms with Gasteiger partial charge >= 0.3 is 6.18 Å². The van der Waals surface area contributed by atoms with Crippen molar-refractivity contribution in [1.82, 2.24) is 9.97 Å². The van der Waals surface area contributed by atoms with E-state index in [9.17, 15) is 27.2 Å². The number of hydrogen-bond acceptors (Lipinski definition) is 4. The molecule has 0 atom stereocenters. The molecule has 1 amide bonds. The van der Waals surface area contributed by atoms with Crippen molar-refractivity contribution in [3.05, 3.63) is 81.2 Å². The summed E-state index contributed by atoms with van der Waals surface area (Å²) in [6, 6.07) is 7.55. The molecule has 1 aliphatic rings. The summed E-state index contributed by atoms with van der Waals surface area (Å²) in [5, 5.41) is 0. The molecule has 33 heavy (non-hydrogen) atoms. The fourth-order valence-corrected chi connectivity index (χ4v) is 3.88. The van der Waals surface area contributed by atoms with Gasteiger partial charge in [-0.3, -0.25) is 14.5 Å². The minimum atomic E-state index is -4.69. The molecule has 172 valence electrons. The lowest BCUT2D eigenvalue weighted by molar-refractivity contribution is -0.137. The van der Waals surface area contributed by atoms with E-state index in [1.807, 2.05) is 13.8 Å². The Bertz CT molecular complexity index is 1300. The van der Waals surface area contributed by atoms with E-state index in [1.165, 1.54) is 35.2 Å². The highest BCUT2D eigenvalue weighted by Gasteiger charge is 2.38. The summed E-state index contributed by atoms with van der Waals surface area (Å²) in [7, 11) is 0. The summed E-state index contributed by atoms with van der Waals surface area (Å²) in [6.07, 6.45) is -4.01. The Morgan fingerprint density at radius 1 is 1.03 bits per heavy atom. The molecule has 1 aromatic carbocycles. The van der Waals surface area contributed by atoms with Gasteiger partial charge in [-0.05, 0) is 48.7 Å². The predicted molar refractivity (Wildman–Crippen MR) is 115 cm³/mol. The van der Waals surface area contributed by atoms with Crippen molar-refractivity contribution in [1.29, 1.82) is 0 Å². The van der Waals surface area contributed by atoms with E-state index in [2.05, 4.69) is 9.97 Å². The lowest BCUT2D eigenvalue weighted by atomic mass is 9.99. The summed E-state index contributed by atoms with van der Waals surface area (Å²) in [4.78, 5) is 34.4. The number of hydrogen-bond donors (Lipinski definition) is 1. The SMILES string of the molecule is Cc1[nH]c(=O)ccc1N1CN(c2ccc(F)cc2C(C)C)c2ncc(C(F)(F)F)cc2C1=O. The number of amides is 1. The zero-order valence-electron chi connectivity index (χ0n) is 18.0. The van der Waals surface area contributed by atoms with Gasteiger partial charge in [0, 0.05) is 23.6 Å². The van der Waals surface area contributed by atoms with Crippen LogP contribution in [0.4, 0.5) is 34.8 Å². The summed E-state index contributed by atoms with van der Waals surface area (Å²) in [5.41, 5.74) is 0.149. The second-order valence-electron chi connectivity index (χ2n) is 8.09. The van der Waals surface area contributed by atoms with Crippen LogP contribution in [0.1, 0.15) is 46.9 Å². The molecule has 0 saturated heterocycles. The van der Waals surface area contributed by atoms with Crippen molar-refractivity contribution in [3.8, 4) is 0 Å². The maximum absolute atomic E-state index is 14.0. The standard InChI is InChI=1S/C23H20F4N4O2/c1-12(2)16-9-15(24)4-5-19(16)30-11-31(18-6-7-20(32)29-13(18)3)22(33)17-8-14(23(25,26)27)10-28-21(17)30/h4-10,12H,11H2,1-3H3,(H,29,32). The number of pyridine rings is 2. The molecule has 0 spiro atoms. The molecular formula is C23H20F4N4O2. The van der Waals surface area contributed by atoms with Gasteiger partial charge in [0.05, 0.1) is 16.8 Å². The van der Waals surface area contributed by atoms with Crippen LogP contribution < -0.4 is 15.4 Å². The minimum absolute atomic E-state index is 0.0415. The Kier molecular flexibility index (Phi) is 5.47. The number of anilines is 3. The van der Waals surface area contributed by atoms with E-state index >= 15 is 0 Å². The molecule has 1 aliphatic heterocycles. The molecule has 1 N–H and O–H groups in total. The molecule has 0 aliphatic carbocycles. The van der Waals surface area contributed by atoms with Crippen LogP contribution in [-0.4, -0.2) is 22.5 Å². The van der Waals surface area contributed by atoms with Crippen LogP contribution in [0.5, 0.6) is 0 Å². The number of rotatable bonds is 3. The number of aryl methyl sites for hydroxylation is 1. The third-order valence-corrected chi connectivity index (χ3v) is 5.49. The number of halogens is 4. The van der Waals surface area contributed by atoms with Crippen LogP contribution in [0.3, 0.4) is 0 Å². The quantitative estimate of drug-likeness (QED) is 0.551. The molecule has 10 heteroatoms. The Morgan fingerprint density at radius 3 is 2.36 bits per heavy atom. The molecule has 0 bridgehead atoms. The lowest BCUT2D eigenvalue weighted by Crippen LogP contribution is -2.46. The van der Waals surface area contributed by atoms with E-state index in [-0.39, 0.29) is 29.5 Å². The minimum Gasteiger partial charge on any atom is -0.324 e. The summed E-state index contributed by atoms with van der Waals surface area (Å²) < 4.78 is 54.2. The fourth-order valence-electron chi connectivity index (χ4n) is 3.88. The Hall–Kier alpha value is -3.69. The first-order valence-electron chi connectivity index (χ1n) is 10.1. The largest absolute Gasteiger partial charge is 0.417 e. The second kappa shape index (κ2) is 8.02. The normalized spacial score (nSPS) is 14.1. The van der Waals surface area contributed by atoms with Gasteiger partial charge in [0.15, 0.2) is 0 Å². The first kappa shape index (κ1) is 22.5. The number of nitrogens with zero attached hydrogens (tertiary/aromatic N) is 3. The highest BCUT2D eigenvalue weighted by atomic mass is 19.4. The Labute approximate surface area is 186 Å². The zero-order chi connectivity index (χ0) is 24.1. The van der Waals surface area contributed by atoms with E-state index < -0.39 is 23.5 Å². The van der Waals surface area contributed by atoms with E-state index in [0.717, 1.165) is 6.07 Å². The number of alkyl halides is 3. The fraction of sp³-hybridized carbons (Fsp3) is 0.261. The number of aromatic amines is 1. The molecule has 0 radical (unpaired) electrons. The molecule has 0 saturated carbocycles. The van der Waals surface area contributed by atoms with Crippen molar-refractivity contribution in [2.24, 2.45) is 0 Å². The van der Waals surface area contributed by atoms with Gasteiger partial charge in [-0.25, -0.2) is 9.37 Å². The molecule has 4 rings (SSSR count). The third-order valence-electron chi connectivity index (χ3n) is 5.49. The number of nitrogens with one attached hydrogen (secondary N) is 1. The number of carbonyl (C=O) groups is 1. The topological polar surface area (TPSA) is 69.3 Å². The van der Waals surface area contributed by atoms with E-state index in [1.54, 1.807) is 11.8 Å². The van der Waals surface area contributed by atoms with Gasteiger partial charge in [0.1, 0.15) is 18.3 Å². The van der Waals surface area contributed by atoms with Crippen LogP contribution in [0, 0.1) is 12.7 Å². The molecule has 6 nitrogen and oxygen atoms in total. The number of H-pyrrole nitrogens is 1. The van der Waals surface area contributed by atoms with Crippen LogP contribution in [0.25, 0.3) is 0 Å². The molecule has 0 unspecified atom stereocenters. The van der Waals surface area contributed by atoms with Crippen molar-refractivity contribution in [2.45, 2.75) is 32.9 Å². The van der Waals surface area contributed by atoms with Crippen molar-refractivity contribution in [3.63, 3.8) is 0 Å². The van der Waals surface area contributed by atoms with E-state index in [0.29, 0.717) is 28.8 Å². The lowest BCUT2D eigenvalue weighted by Gasteiger charge is -2.38. The van der Waals surface area contributed by atoms with Crippen LogP contribution in [-0.2, 0) is 6.18 Å². The van der Waals surface area contributed by atoms with Gasteiger partial charge < -0.3 is 9.88 Å². The summed E-state index contributed by atoms with van der Waals surface area (Å²) in [6.45, 7) is 5.21. The van der Waals surface area contributed by atoms with Crippen molar-refractivity contribution < 1.29 is 22.4 Å². The molecular weight excluding hydrogens is 440 g/mol. The number of carbonyl (C=O) groups excluding carboxylic acids is 1. The maximum atomic E-state index is 14.0. The van der Waals surface area contributed by atoms with Gasteiger partial charge in [-0.2, -0.15) is 13.2 Å². The monoisotopic (exact) mass is 460 g/mol. The maximum Gasteiger partial charge on any atom is 0.417 e. The van der Waals surface area contributed by atoms with Crippen molar-refractivity contribution >= 4 is 23.1 Å².